The van der Waals surface area contributed by atoms with E-state index >= 15 is 0 Å². The van der Waals surface area contributed by atoms with Crippen molar-refractivity contribution in [3.8, 4) is 0 Å². The van der Waals surface area contributed by atoms with Crippen molar-refractivity contribution >= 4 is 28.8 Å². The molecular formula is C19H23N3O5. The predicted octanol–water partition coefficient (Wildman–Crippen LogP) is 0.815. The third-order valence-corrected chi connectivity index (χ3v) is 3.84. The number of carbonyl (C=O) groups excluding carboxylic acids is 2. The normalized spacial score (nSPS) is 16.6. The van der Waals surface area contributed by atoms with E-state index < -0.39 is 18.5 Å². The summed E-state index contributed by atoms with van der Waals surface area (Å²) >= 11 is 0. The monoisotopic (exact) mass is 373 g/mol. The molecule has 1 aromatic carbocycles. The zero-order chi connectivity index (χ0) is 20.1. The van der Waals surface area contributed by atoms with Crippen LogP contribution < -0.4 is 11.1 Å². The smallest absolute Gasteiger partial charge is 0.221 e. The average Bonchev–Trinajstić information content (AvgIpc) is 2.60. The fourth-order valence-electron chi connectivity index (χ4n) is 2.43. The van der Waals surface area contributed by atoms with E-state index in [1.54, 1.807) is 12.1 Å². The molecule has 1 aliphatic carbocycles. The van der Waals surface area contributed by atoms with Crippen LogP contribution >= 0.6 is 0 Å². The van der Waals surface area contributed by atoms with Gasteiger partial charge in [0.1, 0.15) is 24.2 Å². The second-order valence-corrected chi connectivity index (χ2v) is 6.25. The zero-order valence-electron chi connectivity index (χ0n) is 15.4. The highest BCUT2D eigenvalue weighted by Crippen LogP contribution is 2.26. The van der Waals surface area contributed by atoms with Gasteiger partial charge in [-0.3, -0.25) is 9.59 Å². The highest BCUT2D eigenvalue weighted by atomic mass is 16.5. The molecule has 0 bridgehead atoms. The van der Waals surface area contributed by atoms with E-state index in [0.29, 0.717) is 17.1 Å². The summed E-state index contributed by atoms with van der Waals surface area (Å²) < 4.78 is 5.45. The van der Waals surface area contributed by atoms with E-state index in [4.69, 9.17) is 15.6 Å². The summed E-state index contributed by atoms with van der Waals surface area (Å²) in [6.45, 7) is 4.33. The molecule has 0 spiro atoms. The van der Waals surface area contributed by atoms with Crippen LogP contribution in [0.25, 0.3) is 0 Å². The number of aliphatic imine (C=N–C) groups is 1. The Morgan fingerprint density at radius 3 is 2.48 bits per heavy atom. The maximum Gasteiger partial charge on any atom is 0.221 e. The number of hydrogen-bond acceptors (Lipinski definition) is 7. The van der Waals surface area contributed by atoms with Crippen molar-refractivity contribution in [3.63, 3.8) is 0 Å². The van der Waals surface area contributed by atoms with Crippen molar-refractivity contribution in [2.24, 2.45) is 4.99 Å². The van der Waals surface area contributed by atoms with Gasteiger partial charge in [0, 0.05) is 18.7 Å². The van der Waals surface area contributed by atoms with Gasteiger partial charge in [0.25, 0.3) is 0 Å². The van der Waals surface area contributed by atoms with Gasteiger partial charge in [0.15, 0.2) is 0 Å². The molecule has 1 amide bonds. The minimum absolute atomic E-state index is 0.0696. The molecule has 2 rings (SSSR count). The van der Waals surface area contributed by atoms with E-state index in [-0.39, 0.29) is 24.0 Å². The lowest BCUT2D eigenvalue weighted by molar-refractivity contribution is -0.120. The highest BCUT2D eigenvalue weighted by Gasteiger charge is 2.22. The summed E-state index contributed by atoms with van der Waals surface area (Å²) in [6, 6.07) is 3.58. The Hall–Kier alpha value is -2.97. The molecule has 0 heterocycles. The standard InChI is InChI=1S/C19H23N3O5/c1-10-4-13(5-11(2)19(10)20)22-16-6-15(21-12(3)24)17(26)7-18(16)27-9-14(25)8-23/h4-7,14,23,25H,8-9,20H2,1-3H3,(H,21,24). The van der Waals surface area contributed by atoms with Gasteiger partial charge in [-0.1, -0.05) is 0 Å². The van der Waals surface area contributed by atoms with Crippen LogP contribution in [0.2, 0.25) is 0 Å². The maximum absolute atomic E-state index is 12.2. The second-order valence-electron chi connectivity index (χ2n) is 6.25. The van der Waals surface area contributed by atoms with E-state index in [1.807, 2.05) is 13.8 Å². The van der Waals surface area contributed by atoms with Crippen molar-refractivity contribution in [3.05, 3.63) is 46.9 Å². The molecule has 0 saturated heterocycles. The Morgan fingerprint density at radius 1 is 1.30 bits per heavy atom. The van der Waals surface area contributed by atoms with Gasteiger partial charge in [0.2, 0.25) is 11.7 Å². The Balaban J connectivity index is 2.43. The fourth-order valence-corrected chi connectivity index (χ4v) is 2.43. The summed E-state index contributed by atoms with van der Waals surface area (Å²) in [4.78, 5) is 28.0. The Kier molecular flexibility index (Phi) is 6.49. The molecule has 1 aromatic rings. The lowest BCUT2D eigenvalue weighted by Gasteiger charge is -2.18. The molecule has 0 aliphatic heterocycles. The summed E-state index contributed by atoms with van der Waals surface area (Å²) in [5.74, 6) is -0.711. The minimum Gasteiger partial charge on any atom is -0.488 e. The number of nitrogen functional groups attached to an aromatic ring is 1. The minimum atomic E-state index is -1.09. The number of aliphatic hydroxyl groups is 2. The third kappa shape index (κ3) is 5.25. The van der Waals surface area contributed by atoms with Crippen LogP contribution in [0.3, 0.4) is 0 Å². The van der Waals surface area contributed by atoms with Crippen LogP contribution in [0.1, 0.15) is 18.1 Å². The average molecular weight is 373 g/mol. The van der Waals surface area contributed by atoms with Crippen LogP contribution in [-0.4, -0.2) is 46.9 Å². The molecule has 144 valence electrons. The first-order chi connectivity index (χ1) is 12.7. The summed E-state index contributed by atoms with van der Waals surface area (Å²) in [6.07, 6.45) is 1.50. The quantitative estimate of drug-likeness (QED) is 0.431. The molecule has 8 heteroatoms. The largest absolute Gasteiger partial charge is 0.488 e. The van der Waals surface area contributed by atoms with Crippen LogP contribution in [0.4, 0.5) is 11.4 Å². The summed E-state index contributed by atoms with van der Waals surface area (Å²) in [5, 5.41) is 20.9. The van der Waals surface area contributed by atoms with Gasteiger partial charge in [-0.25, -0.2) is 4.99 Å². The molecule has 0 fully saturated rings. The number of amides is 1. The van der Waals surface area contributed by atoms with Crippen molar-refractivity contribution < 1.29 is 24.5 Å². The number of hydrogen-bond donors (Lipinski definition) is 4. The van der Waals surface area contributed by atoms with Crippen molar-refractivity contribution in [1.29, 1.82) is 0 Å². The van der Waals surface area contributed by atoms with E-state index in [1.165, 1.54) is 19.1 Å². The van der Waals surface area contributed by atoms with Crippen molar-refractivity contribution in [1.82, 2.24) is 5.32 Å². The first-order valence-corrected chi connectivity index (χ1v) is 8.34. The first kappa shape index (κ1) is 20.3. The summed E-state index contributed by atoms with van der Waals surface area (Å²) in [7, 11) is 0. The molecule has 27 heavy (non-hydrogen) atoms. The Bertz CT molecular complexity index is 832. The lowest BCUT2D eigenvalue weighted by atomic mass is 10.1. The number of nitrogens with two attached hydrogens (primary N) is 1. The third-order valence-electron chi connectivity index (χ3n) is 3.84. The fraction of sp³-hybridized carbons (Fsp3) is 0.316. The van der Waals surface area contributed by atoms with E-state index in [9.17, 15) is 14.7 Å². The molecule has 0 radical (unpaired) electrons. The number of ketones is 1. The second kappa shape index (κ2) is 8.61. The topological polar surface area (TPSA) is 134 Å². The van der Waals surface area contributed by atoms with Gasteiger partial charge >= 0.3 is 0 Å². The van der Waals surface area contributed by atoms with Gasteiger partial charge < -0.3 is 26.0 Å². The Morgan fingerprint density at radius 2 is 1.93 bits per heavy atom. The molecular weight excluding hydrogens is 350 g/mol. The van der Waals surface area contributed by atoms with Gasteiger partial charge in [-0.05, 0) is 43.2 Å². The number of carbonyl (C=O) groups is 2. The molecule has 8 nitrogen and oxygen atoms in total. The number of nitrogens with zero attached hydrogens (tertiary/aromatic N) is 1. The number of anilines is 1. The van der Waals surface area contributed by atoms with Crippen LogP contribution in [0.5, 0.6) is 0 Å². The van der Waals surface area contributed by atoms with Crippen LogP contribution in [-0.2, 0) is 14.3 Å². The number of allylic oxidation sites excluding steroid dienone is 2. The van der Waals surface area contributed by atoms with Crippen LogP contribution in [0.15, 0.2) is 40.7 Å². The molecule has 1 unspecified atom stereocenters. The zero-order valence-corrected chi connectivity index (χ0v) is 15.4. The highest BCUT2D eigenvalue weighted by molar-refractivity contribution is 6.22. The number of benzene rings is 1. The van der Waals surface area contributed by atoms with Crippen molar-refractivity contribution in [2.45, 2.75) is 26.9 Å². The molecule has 1 atom stereocenters. The number of aryl methyl sites for hydroxylation is 2. The molecule has 0 aromatic heterocycles. The van der Waals surface area contributed by atoms with Gasteiger partial charge in [-0.15, -0.1) is 0 Å². The van der Waals surface area contributed by atoms with E-state index in [2.05, 4.69) is 10.3 Å². The van der Waals surface area contributed by atoms with Crippen LogP contribution in [0, 0.1) is 13.8 Å². The number of aliphatic hydroxyl groups excluding tert-OH is 2. The molecule has 1 aliphatic rings. The Labute approximate surface area is 157 Å². The summed E-state index contributed by atoms with van der Waals surface area (Å²) in [5.41, 5.74) is 9.31. The van der Waals surface area contributed by atoms with Gasteiger partial charge in [-0.2, -0.15) is 0 Å². The number of ether oxygens (including phenoxy) is 1. The molecule has 5 N–H and O–H groups in total. The lowest BCUT2D eigenvalue weighted by Crippen LogP contribution is -2.29. The SMILES string of the molecule is CC(=O)NC1=CC(=Nc2cc(C)c(N)c(C)c2)C(OCC(O)CO)=CC1=O. The predicted molar refractivity (Wildman–Crippen MR) is 101 cm³/mol. The first-order valence-electron chi connectivity index (χ1n) is 8.34. The van der Waals surface area contributed by atoms with E-state index in [0.717, 1.165) is 11.1 Å². The maximum atomic E-state index is 12.2. The molecule has 0 saturated carbocycles. The van der Waals surface area contributed by atoms with Crippen molar-refractivity contribution in [2.75, 3.05) is 18.9 Å². The number of nitrogens with one attached hydrogen (secondary N) is 1. The van der Waals surface area contributed by atoms with Gasteiger partial charge in [0.05, 0.1) is 18.0 Å². The number of rotatable bonds is 6.